The molecular formula is C30H21N3O5. The van der Waals surface area contributed by atoms with E-state index >= 15 is 0 Å². The molecule has 0 aliphatic rings. The molecule has 0 bridgehead atoms. The van der Waals surface area contributed by atoms with E-state index in [2.05, 4.69) is 5.16 Å². The number of nitrogens with zero attached hydrogens (tertiary/aromatic N) is 3. The molecule has 0 fully saturated rings. The summed E-state index contributed by atoms with van der Waals surface area (Å²) in [4.78, 5) is 40.9. The number of oxime groups is 1. The zero-order valence-corrected chi connectivity index (χ0v) is 20.3. The highest BCUT2D eigenvalue weighted by Crippen LogP contribution is 2.33. The molecule has 0 spiro atoms. The first-order valence-electron chi connectivity index (χ1n) is 11.7. The Hall–Kier alpha value is -5.37. The number of rotatable bonds is 7. The second-order valence-electron chi connectivity index (χ2n) is 8.50. The lowest BCUT2D eigenvalue weighted by Crippen LogP contribution is -2.17. The quantitative estimate of drug-likeness (QED) is 0.0831. The fraction of sp³-hybridized carbons (Fsp3) is 0.0333. The standard InChI is InChI=1S/C30H21N3O5/c1-20(34)38-31-29(22-10-6-3-7-11-22)30(35)23-12-14-27-25(18-23)26-19-24(33(36)37)13-15-28(26)32(27)17-16-21-8-4-2-5-9-21/h2-19H,1H3/b17-16+,31-29+. The van der Waals surface area contributed by atoms with Crippen molar-refractivity contribution in [3.8, 4) is 0 Å². The van der Waals surface area contributed by atoms with Crippen LogP contribution in [0.3, 0.4) is 0 Å². The van der Waals surface area contributed by atoms with Crippen molar-refractivity contribution >= 4 is 57.2 Å². The van der Waals surface area contributed by atoms with Crippen LogP contribution in [0.2, 0.25) is 0 Å². The molecule has 0 amide bonds. The molecule has 0 radical (unpaired) electrons. The van der Waals surface area contributed by atoms with E-state index in [1.807, 2.05) is 47.2 Å². The maximum atomic E-state index is 13.6. The third kappa shape index (κ3) is 4.83. The minimum Gasteiger partial charge on any atom is -0.318 e. The van der Waals surface area contributed by atoms with Crippen molar-refractivity contribution in [1.82, 2.24) is 4.57 Å². The number of non-ortho nitro benzene ring substituents is 1. The van der Waals surface area contributed by atoms with Gasteiger partial charge in [0.2, 0.25) is 5.78 Å². The number of benzene rings is 4. The summed E-state index contributed by atoms with van der Waals surface area (Å²) in [6.07, 6.45) is 3.84. The number of fused-ring (bicyclic) bond motifs is 3. The zero-order chi connectivity index (χ0) is 26.6. The van der Waals surface area contributed by atoms with Gasteiger partial charge < -0.3 is 9.40 Å². The minimum atomic E-state index is -0.651. The third-order valence-electron chi connectivity index (χ3n) is 6.00. The van der Waals surface area contributed by atoms with E-state index < -0.39 is 16.7 Å². The SMILES string of the molecule is CC(=O)O/N=C(/C(=O)c1ccc2c(c1)c1cc([N+](=O)[O-])ccc1n2/C=C/c1ccccc1)c1ccccc1. The Labute approximate surface area is 217 Å². The fourth-order valence-corrected chi connectivity index (χ4v) is 4.25. The van der Waals surface area contributed by atoms with Crippen LogP contribution in [0.1, 0.15) is 28.4 Å². The minimum absolute atomic E-state index is 0.0288. The molecule has 0 unspecified atom stereocenters. The van der Waals surface area contributed by atoms with E-state index in [4.69, 9.17) is 4.84 Å². The molecule has 0 atom stereocenters. The van der Waals surface area contributed by atoms with Crippen LogP contribution >= 0.6 is 0 Å². The van der Waals surface area contributed by atoms with Gasteiger partial charge in [0.1, 0.15) is 0 Å². The number of ketones is 1. The van der Waals surface area contributed by atoms with Gasteiger partial charge >= 0.3 is 5.97 Å². The Bertz CT molecular complexity index is 1750. The van der Waals surface area contributed by atoms with E-state index in [9.17, 15) is 19.7 Å². The lowest BCUT2D eigenvalue weighted by molar-refractivity contribution is -0.384. The number of hydrogen-bond donors (Lipinski definition) is 0. The van der Waals surface area contributed by atoms with Crippen molar-refractivity contribution in [2.45, 2.75) is 6.92 Å². The topological polar surface area (TPSA) is 104 Å². The van der Waals surface area contributed by atoms with Crippen LogP contribution in [0.5, 0.6) is 0 Å². The molecule has 186 valence electrons. The van der Waals surface area contributed by atoms with E-state index in [0.29, 0.717) is 21.9 Å². The summed E-state index contributed by atoms with van der Waals surface area (Å²) in [6, 6.07) is 28.2. The lowest BCUT2D eigenvalue weighted by Gasteiger charge is -2.06. The van der Waals surface area contributed by atoms with Gasteiger partial charge in [-0.1, -0.05) is 65.8 Å². The van der Waals surface area contributed by atoms with Gasteiger partial charge in [-0.05, 0) is 35.9 Å². The van der Waals surface area contributed by atoms with Crippen molar-refractivity contribution in [3.63, 3.8) is 0 Å². The van der Waals surface area contributed by atoms with Crippen LogP contribution in [0, 0.1) is 10.1 Å². The molecule has 0 N–H and O–H groups in total. The predicted octanol–water partition coefficient (Wildman–Crippen LogP) is 6.48. The first kappa shape index (κ1) is 24.3. The van der Waals surface area contributed by atoms with E-state index in [0.717, 1.165) is 16.6 Å². The van der Waals surface area contributed by atoms with Crippen molar-refractivity contribution < 1.29 is 19.3 Å². The first-order valence-corrected chi connectivity index (χ1v) is 11.7. The average molecular weight is 504 g/mol. The molecule has 8 heteroatoms. The molecular weight excluding hydrogens is 482 g/mol. The molecule has 38 heavy (non-hydrogen) atoms. The van der Waals surface area contributed by atoms with Crippen LogP contribution < -0.4 is 0 Å². The Morgan fingerprint density at radius 1 is 0.842 bits per heavy atom. The van der Waals surface area contributed by atoms with Gasteiger partial charge in [-0.25, -0.2) is 4.79 Å². The molecule has 5 aromatic rings. The number of nitro groups is 1. The highest BCUT2D eigenvalue weighted by molar-refractivity contribution is 6.51. The van der Waals surface area contributed by atoms with E-state index in [1.54, 1.807) is 54.6 Å². The highest BCUT2D eigenvalue weighted by Gasteiger charge is 2.21. The first-order chi connectivity index (χ1) is 18.4. The summed E-state index contributed by atoms with van der Waals surface area (Å²) in [6.45, 7) is 1.20. The second kappa shape index (κ2) is 10.3. The summed E-state index contributed by atoms with van der Waals surface area (Å²) >= 11 is 0. The largest absolute Gasteiger partial charge is 0.332 e. The number of hydrogen-bond acceptors (Lipinski definition) is 6. The van der Waals surface area contributed by atoms with E-state index in [1.165, 1.54) is 19.1 Å². The van der Waals surface area contributed by atoms with Crippen molar-refractivity contribution in [3.05, 3.63) is 124 Å². The van der Waals surface area contributed by atoms with Crippen molar-refractivity contribution in [1.29, 1.82) is 0 Å². The maximum Gasteiger partial charge on any atom is 0.332 e. The summed E-state index contributed by atoms with van der Waals surface area (Å²) < 4.78 is 1.93. The molecule has 0 saturated carbocycles. The summed E-state index contributed by atoms with van der Waals surface area (Å²) in [5.41, 5.74) is 3.21. The maximum absolute atomic E-state index is 13.6. The Balaban J connectivity index is 1.68. The fourth-order valence-electron chi connectivity index (χ4n) is 4.25. The van der Waals surface area contributed by atoms with Crippen molar-refractivity contribution in [2.24, 2.45) is 5.16 Å². The smallest absolute Gasteiger partial charge is 0.318 e. The number of carbonyl (C=O) groups is 2. The van der Waals surface area contributed by atoms with Gasteiger partial charge in [0.25, 0.3) is 5.69 Å². The molecule has 8 nitrogen and oxygen atoms in total. The summed E-state index contributed by atoms with van der Waals surface area (Å²) in [7, 11) is 0. The summed E-state index contributed by atoms with van der Waals surface area (Å²) in [5.74, 6) is -1.10. The highest BCUT2D eigenvalue weighted by atomic mass is 16.7. The van der Waals surface area contributed by atoms with Crippen molar-refractivity contribution in [2.75, 3.05) is 0 Å². The van der Waals surface area contributed by atoms with Gasteiger partial charge in [0, 0.05) is 47.2 Å². The number of aromatic nitrogens is 1. The molecule has 0 aliphatic heterocycles. The molecule has 0 aliphatic carbocycles. The summed E-state index contributed by atoms with van der Waals surface area (Å²) in [5, 5.41) is 16.6. The lowest BCUT2D eigenvalue weighted by atomic mass is 9.99. The van der Waals surface area contributed by atoms with Crippen LogP contribution in [-0.2, 0) is 9.63 Å². The Morgan fingerprint density at radius 2 is 1.47 bits per heavy atom. The Kier molecular flexibility index (Phi) is 6.61. The number of carbonyl (C=O) groups excluding carboxylic acids is 2. The van der Waals surface area contributed by atoms with Gasteiger partial charge in [-0.3, -0.25) is 14.9 Å². The number of nitro benzene ring substituents is 1. The van der Waals surface area contributed by atoms with Gasteiger partial charge in [-0.2, -0.15) is 0 Å². The van der Waals surface area contributed by atoms with Gasteiger partial charge in [0.15, 0.2) is 5.71 Å². The van der Waals surface area contributed by atoms with Crippen LogP contribution in [0.4, 0.5) is 5.69 Å². The molecule has 4 aromatic carbocycles. The monoisotopic (exact) mass is 503 g/mol. The molecule has 1 heterocycles. The molecule has 1 aromatic heterocycles. The second-order valence-corrected chi connectivity index (χ2v) is 8.50. The average Bonchev–Trinajstić information content (AvgIpc) is 3.25. The van der Waals surface area contributed by atoms with Crippen LogP contribution in [-0.4, -0.2) is 27.0 Å². The molecule has 0 saturated heterocycles. The van der Waals surface area contributed by atoms with E-state index in [-0.39, 0.29) is 11.4 Å². The van der Waals surface area contributed by atoms with Crippen LogP contribution in [0.25, 0.3) is 34.1 Å². The molecule has 5 rings (SSSR count). The zero-order valence-electron chi connectivity index (χ0n) is 20.3. The number of Topliss-reactive ketones (excluding diaryl/α,β-unsaturated/α-hetero) is 1. The van der Waals surface area contributed by atoms with Gasteiger partial charge in [0.05, 0.1) is 16.0 Å². The van der Waals surface area contributed by atoms with Gasteiger partial charge in [-0.15, -0.1) is 0 Å². The third-order valence-corrected chi connectivity index (χ3v) is 6.00. The predicted molar refractivity (Wildman–Crippen MR) is 147 cm³/mol. The normalized spacial score (nSPS) is 11.8. The Morgan fingerprint density at radius 3 is 2.13 bits per heavy atom. The van der Waals surface area contributed by atoms with Crippen LogP contribution in [0.15, 0.2) is 102 Å².